The van der Waals surface area contributed by atoms with Gasteiger partial charge in [-0.2, -0.15) is 0 Å². The van der Waals surface area contributed by atoms with Crippen LogP contribution in [0.4, 0.5) is 0 Å². The van der Waals surface area contributed by atoms with Crippen LogP contribution < -0.4 is 14.8 Å². The van der Waals surface area contributed by atoms with E-state index in [0.29, 0.717) is 19.7 Å². The second-order valence-corrected chi connectivity index (χ2v) is 5.28. The van der Waals surface area contributed by atoms with Crippen molar-refractivity contribution in [1.82, 2.24) is 5.32 Å². The van der Waals surface area contributed by atoms with E-state index in [-0.39, 0.29) is 0 Å². The largest absolute Gasteiger partial charge is 0.493 e. The molecule has 0 aliphatic carbocycles. The van der Waals surface area contributed by atoms with Gasteiger partial charge in [0.15, 0.2) is 11.5 Å². The van der Waals surface area contributed by atoms with Crippen molar-refractivity contribution in [2.75, 3.05) is 26.8 Å². The lowest BCUT2D eigenvalue weighted by atomic mass is 9.99. The molecule has 20 heavy (non-hydrogen) atoms. The molecule has 0 radical (unpaired) electrons. The van der Waals surface area contributed by atoms with Crippen molar-refractivity contribution >= 4 is 0 Å². The van der Waals surface area contributed by atoms with Gasteiger partial charge >= 0.3 is 0 Å². The quantitative estimate of drug-likeness (QED) is 0.647. The molecule has 0 spiro atoms. The number of nitrogens with one attached hydrogen (secondary N) is 1. The zero-order chi connectivity index (χ0) is 14.8. The van der Waals surface area contributed by atoms with Crippen LogP contribution in [0.5, 0.6) is 11.5 Å². The normalized spacial score (nSPS) is 13.8. The standard InChI is InChI=1S/C16H27NO3/c1-4-5-10-16(2,18)13-17-11-12-20-15-9-7-6-8-14(15)19-3/h6-9,17-18H,4-5,10-13H2,1-3H3/t16-/m0/s1. The molecule has 1 atom stereocenters. The number of unbranched alkanes of at least 4 members (excludes halogenated alkanes) is 1. The first-order valence-corrected chi connectivity index (χ1v) is 7.28. The number of hydrogen-bond acceptors (Lipinski definition) is 4. The fourth-order valence-corrected chi connectivity index (χ4v) is 1.97. The van der Waals surface area contributed by atoms with Crippen LogP contribution in [0.15, 0.2) is 24.3 Å². The van der Waals surface area contributed by atoms with Gasteiger partial charge in [-0.05, 0) is 25.5 Å². The Labute approximate surface area is 122 Å². The smallest absolute Gasteiger partial charge is 0.161 e. The molecule has 0 fully saturated rings. The first-order chi connectivity index (χ1) is 9.59. The molecular formula is C16H27NO3. The fourth-order valence-electron chi connectivity index (χ4n) is 1.97. The predicted octanol–water partition coefficient (Wildman–Crippen LogP) is 2.60. The predicted molar refractivity (Wildman–Crippen MR) is 81.5 cm³/mol. The highest BCUT2D eigenvalue weighted by Crippen LogP contribution is 2.25. The Morgan fingerprint density at radius 1 is 1.25 bits per heavy atom. The van der Waals surface area contributed by atoms with Crippen molar-refractivity contribution in [3.8, 4) is 11.5 Å². The van der Waals surface area contributed by atoms with E-state index in [9.17, 15) is 5.11 Å². The van der Waals surface area contributed by atoms with Gasteiger partial charge in [0.2, 0.25) is 0 Å². The number of para-hydroxylation sites is 2. The summed E-state index contributed by atoms with van der Waals surface area (Å²) in [5, 5.41) is 13.3. The Kier molecular flexibility index (Phi) is 7.41. The third-order valence-corrected chi connectivity index (χ3v) is 3.18. The van der Waals surface area contributed by atoms with Gasteiger partial charge in [-0.25, -0.2) is 0 Å². The number of rotatable bonds is 10. The van der Waals surface area contributed by atoms with Crippen LogP contribution in [0.3, 0.4) is 0 Å². The zero-order valence-electron chi connectivity index (χ0n) is 12.8. The second kappa shape index (κ2) is 8.82. The van der Waals surface area contributed by atoms with Crippen molar-refractivity contribution in [1.29, 1.82) is 0 Å². The Bertz CT molecular complexity index is 380. The number of methoxy groups -OCH3 is 1. The Morgan fingerprint density at radius 3 is 2.60 bits per heavy atom. The average molecular weight is 281 g/mol. The van der Waals surface area contributed by atoms with E-state index in [1.54, 1.807) is 7.11 Å². The maximum atomic E-state index is 10.1. The molecule has 2 N–H and O–H groups in total. The highest BCUT2D eigenvalue weighted by atomic mass is 16.5. The molecule has 0 bridgehead atoms. The van der Waals surface area contributed by atoms with Gasteiger partial charge in [-0.15, -0.1) is 0 Å². The molecule has 4 nitrogen and oxygen atoms in total. The lowest BCUT2D eigenvalue weighted by Gasteiger charge is -2.23. The van der Waals surface area contributed by atoms with Crippen molar-refractivity contribution in [3.63, 3.8) is 0 Å². The van der Waals surface area contributed by atoms with Crippen LogP contribution in [0.25, 0.3) is 0 Å². The monoisotopic (exact) mass is 281 g/mol. The van der Waals surface area contributed by atoms with E-state index in [4.69, 9.17) is 9.47 Å². The van der Waals surface area contributed by atoms with Gasteiger partial charge in [-0.1, -0.05) is 31.9 Å². The van der Waals surface area contributed by atoms with Gasteiger partial charge in [0.25, 0.3) is 0 Å². The first kappa shape index (κ1) is 16.8. The van der Waals surface area contributed by atoms with Gasteiger partial charge < -0.3 is 19.9 Å². The number of hydrogen-bond donors (Lipinski definition) is 2. The summed E-state index contributed by atoms with van der Waals surface area (Å²) in [6.07, 6.45) is 2.98. The molecule has 1 rings (SSSR count). The molecule has 0 heterocycles. The Hall–Kier alpha value is -1.26. The lowest BCUT2D eigenvalue weighted by Crippen LogP contribution is -2.39. The summed E-state index contributed by atoms with van der Waals surface area (Å²) in [5.74, 6) is 1.48. The third-order valence-electron chi connectivity index (χ3n) is 3.18. The summed E-state index contributed by atoms with van der Waals surface area (Å²) in [7, 11) is 1.63. The highest BCUT2D eigenvalue weighted by Gasteiger charge is 2.18. The maximum absolute atomic E-state index is 10.1. The van der Waals surface area contributed by atoms with E-state index >= 15 is 0 Å². The molecule has 0 saturated carbocycles. The van der Waals surface area contributed by atoms with Crippen LogP contribution >= 0.6 is 0 Å². The molecule has 0 aliphatic rings. The van der Waals surface area contributed by atoms with Crippen LogP contribution in [0.2, 0.25) is 0 Å². The summed E-state index contributed by atoms with van der Waals surface area (Å²) in [6, 6.07) is 7.59. The number of aliphatic hydroxyl groups is 1. The molecule has 114 valence electrons. The van der Waals surface area contributed by atoms with Crippen molar-refractivity contribution < 1.29 is 14.6 Å². The van der Waals surface area contributed by atoms with Crippen LogP contribution in [-0.4, -0.2) is 37.5 Å². The molecule has 1 aromatic carbocycles. The molecule has 0 amide bonds. The van der Waals surface area contributed by atoms with Crippen LogP contribution in [0, 0.1) is 0 Å². The SMILES string of the molecule is CCCC[C@](C)(O)CNCCOc1ccccc1OC. The molecule has 0 aromatic heterocycles. The second-order valence-electron chi connectivity index (χ2n) is 5.28. The van der Waals surface area contributed by atoms with Gasteiger partial charge in [0.1, 0.15) is 6.61 Å². The topological polar surface area (TPSA) is 50.7 Å². The van der Waals surface area contributed by atoms with E-state index in [1.165, 1.54) is 0 Å². The molecule has 4 heteroatoms. The summed E-state index contributed by atoms with van der Waals surface area (Å²) in [4.78, 5) is 0. The minimum atomic E-state index is -0.638. The van der Waals surface area contributed by atoms with E-state index in [1.807, 2.05) is 31.2 Å². The number of benzene rings is 1. The summed E-state index contributed by atoms with van der Waals surface area (Å²) >= 11 is 0. The van der Waals surface area contributed by atoms with Crippen molar-refractivity contribution in [2.45, 2.75) is 38.7 Å². The maximum Gasteiger partial charge on any atom is 0.161 e. The van der Waals surface area contributed by atoms with Crippen LogP contribution in [0.1, 0.15) is 33.1 Å². The average Bonchev–Trinajstić information content (AvgIpc) is 2.45. The third kappa shape index (κ3) is 6.26. The summed E-state index contributed by atoms with van der Waals surface area (Å²) in [5.41, 5.74) is -0.638. The summed E-state index contributed by atoms with van der Waals surface area (Å²) < 4.78 is 10.9. The van der Waals surface area contributed by atoms with Crippen molar-refractivity contribution in [2.24, 2.45) is 0 Å². The van der Waals surface area contributed by atoms with Gasteiger partial charge in [0.05, 0.1) is 12.7 Å². The Balaban J connectivity index is 2.22. The van der Waals surface area contributed by atoms with E-state index < -0.39 is 5.60 Å². The van der Waals surface area contributed by atoms with E-state index in [2.05, 4.69) is 12.2 Å². The van der Waals surface area contributed by atoms with Crippen molar-refractivity contribution in [3.05, 3.63) is 24.3 Å². The highest BCUT2D eigenvalue weighted by molar-refractivity contribution is 5.39. The summed E-state index contributed by atoms with van der Waals surface area (Å²) in [6.45, 7) is 5.83. The molecule has 1 aromatic rings. The molecule has 0 unspecified atom stereocenters. The minimum Gasteiger partial charge on any atom is -0.493 e. The molecular weight excluding hydrogens is 254 g/mol. The van der Waals surface area contributed by atoms with Gasteiger partial charge in [-0.3, -0.25) is 0 Å². The lowest BCUT2D eigenvalue weighted by molar-refractivity contribution is 0.0479. The zero-order valence-corrected chi connectivity index (χ0v) is 12.8. The molecule has 0 aliphatic heterocycles. The van der Waals surface area contributed by atoms with Gasteiger partial charge in [0, 0.05) is 13.1 Å². The molecule has 0 saturated heterocycles. The Morgan fingerprint density at radius 2 is 1.95 bits per heavy atom. The fraction of sp³-hybridized carbons (Fsp3) is 0.625. The van der Waals surface area contributed by atoms with Crippen LogP contribution in [-0.2, 0) is 0 Å². The van der Waals surface area contributed by atoms with E-state index in [0.717, 1.165) is 30.8 Å². The first-order valence-electron chi connectivity index (χ1n) is 7.28. The number of ether oxygens (including phenoxy) is 2. The minimum absolute atomic E-state index is 0.546.